The second kappa shape index (κ2) is 5.20. The molecule has 0 atom stereocenters. The molecule has 5 heteroatoms. The average molecular weight is 269 g/mol. The first-order valence-electron chi connectivity index (χ1n) is 5.76. The van der Waals surface area contributed by atoms with Crippen LogP contribution in [0.4, 0.5) is 0 Å². The van der Waals surface area contributed by atoms with Crippen LogP contribution in [0.2, 0.25) is 0 Å². The lowest BCUT2D eigenvalue weighted by Gasteiger charge is -2.16. The number of sulfonamides is 1. The van der Waals surface area contributed by atoms with E-state index in [1.165, 1.54) is 12.1 Å². The number of primary sulfonamides is 1. The maximum absolute atomic E-state index is 11.7. The molecule has 0 radical (unpaired) electrons. The van der Waals surface area contributed by atoms with Crippen molar-refractivity contribution in [2.24, 2.45) is 10.6 Å². The van der Waals surface area contributed by atoms with E-state index in [-0.39, 0.29) is 16.1 Å². The Morgan fingerprint density at radius 2 is 1.67 bits per heavy atom. The first-order valence-corrected chi connectivity index (χ1v) is 7.30. The molecule has 1 aromatic carbocycles. The van der Waals surface area contributed by atoms with E-state index in [0.717, 1.165) is 5.56 Å². The summed E-state index contributed by atoms with van der Waals surface area (Å²) in [7, 11) is -3.64. The molecule has 0 aliphatic rings. The minimum absolute atomic E-state index is 0.0911. The molecule has 1 rings (SSSR count). The third-order valence-electron chi connectivity index (χ3n) is 2.73. The lowest BCUT2D eigenvalue weighted by Crippen LogP contribution is -2.20. The van der Waals surface area contributed by atoms with Crippen molar-refractivity contribution in [3.63, 3.8) is 0 Å². The van der Waals surface area contributed by atoms with Gasteiger partial charge in [-0.2, -0.15) is 0 Å². The fraction of sp³-hybridized carbons (Fsp3) is 0.462. The van der Waals surface area contributed by atoms with Crippen LogP contribution in [0.1, 0.15) is 32.8 Å². The molecule has 1 aromatic rings. The van der Waals surface area contributed by atoms with Gasteiger partial charge in [-0.1, -0.05) is 32.9 Å². The van der Waals surface area contributed by atoms with Gasteiger partial charge in [-0.05, 0) is 24.1 Å². The fourth-order valence-electron chi connectivity index (χ4n) is 1.48. The highest BCUT2D eigenvalue weighted by Crippen LogP contribution is 2.18. The number of hydrogen-bond acceptors (Lipinski definition) is 3. The summed E-state index contributed by atoms with van der Waals surface area (Å²) in [5.41, 5.74) is 0.598. The predicted molar refractivity (Wildman–Crippen MR) is 70.6 cm³/mol. The van der Waals surface area contributed by atoms with Crippen LogP contribution in [-0.2, 0) is 21.2 Å². The molecule has 0 amide bonds. The molecular formula is C13H19NO3S. The van der Waals surface area contributed by atoms with E-state index in [9.17, 15) is 13.2 Å². The second-order valence-corrected chi connectivity index (χ2v) is 6.92. The zero-order valence-electron chi connectivity index (χ0n) is 10.9. The Morgan fingerprint density at radius 3 is 2.06 bits per heavy atom. The molecule has 0 saturated carbocycles. The minimum atomic E-state index is -3.64. The van der Waals surface area contributed by atoms with Crippen molar-refractivity contribution < 1.29 is 13.2 Å². The van der Waals surface area contributed by atoms with Crippen LogP contribution in [0.15, 0.2) is 29.2 Å². The van der Waals surface area contributed by atoms with Crippen LogP contribution >= 0.6 is 0 Å². The van der Waals surface area contributed by atoms with Crippen LogP contribution < -0.4 is 5.14 Å². The van der Waals surface area contributed by atoms with E-state index in [0.29, 0.717) is 12.8 Å². The second-order valence-electron chi connectivity index (χ2n) is 5.36. The third-order valence-corrected chi connectivity index (χ3v) is 3.66. The van der Waals surface area contributed by atoms with E-state index in [4.69, 9.17) is 5.14 Å². The highest BCUT2D eigenvalue weighted by Gasteiger charge is 2.20. The molecule has 0 heterocycles. The van der Waals surface area contributed by atoms with Crippen LogP contribution in [0, 0.1) is 5.41 Å². The van der Waals surface area contributed by atoms with Crippen molar-refractivity contribution in [3.8, 4) is 0 Å². The topological polar surface area (TPSA) is 77.2 Å². The summed E-state index contributed by atoms with van der Waals surface area (Å²) >= 11 is 0. The summed E-state index contributed by atoms with van der Waals surface area (Å²) in [5.74, 6) is 0.193. The molecule has 0 aromatic heterocycles. The number of ketones is 1. The summed E-state index contributed by atoms with van der Waals surface area (Å²) in [6.45, 7) is 5.66. The monoisotopic (exact) mass is 269 g/mol. The summed E-state index contributed by atoms with van der Waals surface area (Å²) in [6, 6.07) is 6.31. The van der Waals surface area contributed by atoms with Crippen molar-refractivity contribution in [2.75, 3.05) is 0 Å². The fourth-order valence-corrected chi connectivity index (χ4v) is 1.99. The van der Waals surface area contributed by atoms with Crippen LogP contribution in [0.5, 0.6) is 0 Å². The molecule has 18 heavy (non-hydrogen) atoms. The van der Waals surface area contributed by atoms with Gasteiger partial charge < -0.3 is 0 Å². The smallest absolute Gasteiger partial charge is 0.238 e. The van der Waals surface area contributed by atoms with E-state index >= 15 is 0 Å². The number of Topliss-reactive ketones (excluding diaryl/α,β-unsaturated/α-hetero) is 1. The first kappa shape index (κ1) is 14.9. The Kier molecular flexibility index (Phi) is 4.29. The highest BCUT2D eigenvalue weighted by atomic mass is 32.2. The maximum Gasteiger partial charge on any atom is 0.238 e. The summed E-state index contributed by atoms with van der Waals surface area (Å²) < 4.78 is 22.1. The van der Waals surface area contributed by atoms with Crippen LogP contribution in [0.3, 0.4) is 0 Å². The van der Waals surface area contributed by atoms with E-state index in [1.807, 2.05) is 20.8 Å². The number of aryl methyl sites for hydroxylation is 1. The van der Waals surface area contributed by atoms with Gasteiger partial charge in [-0.15, -0.1) is 0 Å². The van der Waals surface area contributed by atoms with Crippen molar-refractivity contribution in [1.29, 1.82) is 0 Å². The Labute approximate surface area is 108 Å². The van der Waals surface area contributed by atoms with Crippen molar-refractivity contribution >= 4 is 15.8 Å². The van der Waals surface area contributed by atoms with Crippen molar-refractivity contribution in [1.82, 2.24) is 0 Å². The normalized spacial score (nSPS) is 12.4. The highest BCUT2D eigenvalue weighted by molar-refractivity contribution is 7.89. The third kappa shape index (κ3) is 4.23. The number of hydrogen-bond donors (Lipinski definition) is 1. The van der Waals surface area contributed by atoms with E-state index < -0.39 is 10.0 Å². The number of nitrogens with two attached hydrogens (primary N) is 1. The average Bonchev–Trinajstić information content (AvgIpc) is 2.24. The molecule has 0 aliphatic heterocycles. The molecule has 4 nitrogen and oxygen atoms in total. The van der Waals surface area contributed by atoms with Gasteiger partial charge in [-0.25, -0.2) is 13.6 Å². The maximum atomic E-state index is 11.7. The van der Waals surface area contributed by atoms with Gasteiger partial charge in [0.25, 0.3) is 0 Å². The minimum Gasteiger partial charge on any atom is -0.299 e. The van der Waals surface area contributed by atoms with Crippen LogP contribution in [-0.4, -0.2) is 14.2 Å². The first-order chi connectivity index (χ1) is 8.10. The molecule has 0 spiro atoms. The zero-order chi connectivity index (χ0) is 14.0. The summed E-state index contributed by atoms with van der Waals surface area (Å²) in [5, 5.41) is 5.00. The van der Waals surface area contributed by atoms with Gasteiger partial charge in [0.15, 0.2) is 0 Å². The molecular weight excluding hydrogens is 250 g/mol. The molecule has 0 saturated heterocycles. The van der Waals surface area contributed by atoms with Crippen LogP contribution in [0.25, 0.3) is 0 Å². The molecule has 0 bridgehead atoms. The molecule has 0 unspecified atom stereocenters. The number of rotatable bonds is 4. The lowest BCUT2D eigenvalue weighted by atomic mass is 9.87. The lowest BCUT2D eigenvalue weighted by molar-refractivity contribution is -0.126. The number of carbonyl (C=O) groups is 1. The van der Waals surface area contributed by atoms with Gasteiger partial charge in [0, 0.05) is 11.8 Å². The summed E-state index contributed by atoms with van der Waals surface area (Å²) in [4.78, 5) is 11.8. The summed E-state index contributed by atoms with van der Waals surface area (Å²) in [6.07, 6.45) is 1.07. The largest absolute Gasteiger partial charge is 0.299 e. The Balaban J connectivity index is 2.69. The standard InChI is InChI=1S/C13H19NO3S/c1-13(2,3)12(15)9-6-10-4-7-11(8-5-10)18(14,16)17/h4-5,7-8H,6,9H2,1-3H3,(H2,14,16,17). The van der Waals surface area contributed by atoms with E-state index in [2.05, 4.69) is 0 Å². The zero-order valence-corrected chi connectivity index (χ0v) is 11.8. The van der Waals surface area contributed by atoms with Gasteiger partial charge in [0.2, 0.25) is 10.0 Å². The Bertz CT molecular complexity index is 524. The predicted octanol–water partition coefficient (Wildman–Crippen LogP) is 1.88. The van der Waals surface area contributed by atoms with Gasteiger partial charge in [-0.3, -0.25) is 4.79 Å². The van der Waals surface area contributed by atoms with Gasteiger partial charge in [0.05, 0.1) is 4.90 Å². The van der Waals surface area contributed by atoms with Gasteiger partial charge in [0.1, 0.15) is 5.78 Å². The molecule has 0 aliphatic carbocycles. The Hall–Kier alpha value is -1.20. The quantitative estimate of drug-likeness (QED) is 0.906. The number of benzene rings is 1. The molecule has 0 fully saturated rings. The SMILES string of the molecule is CC(C)(C)C(=O)CCc1ccc(S(N)(=O)=O)cc1. The van der Waals surface area contributed by atoms with Crippen molar-refractivity contribution in [3.05, 3.63) is 29.8 Å². The Morgan fingerprint density at radius 1 is 1.17 bits per heavy atom. The van der Waals surface area contributed by atoms with Gasteiger partial charge >= 0.3 is 0 Å². The van der Waals surface area contributed by atoms with E-state index in [1.54, 1.807) is 12.1 Å². The number of carbonyl (C=O) groups excluding carboxylic acids is 1. The molecule has 2 N–H and O–H groups in total. The molecule has 100 valence electrons. The van der Waals surface area contributed by atoms with Crippen molar-refractivity contribution in [2.45, 2.75) is 38.5 Å².